The zero-order chi connectivity index (χ0) is 18.8. The van der Waals surface area contributed by atoms with Crippen LogP contribution in [0.15, 0.2) is 61.1 Å². The topological polar surface area (TPSA) is 81.4 Å². The molecule has 0 radical (unpaired) electrons. The number of carbonyl (C=O) groups excluding carboxylic acids is 2. The van der Waals surface area contributed by atoms with Crippen molar-refractivity contribution in [3.8, 4) is 5.69 Å². The molecule has 0 spiro atoms. The summed E-state index contributed by atoms with van der Waals surface area (Å²) < 4.78 is 8.91. The molecule has 1 N–H and O–H groups in total. The average molecular weight is 365 g/mol. The van der Waals surface area contributed by atoms with Gasteiger partial charge in [0, 0.05) is 36.8 Å². The second-order valence-corrected chi connectivity index (χ2v) is 6.28. The van der Waals surface area contributed by atoms with Gasteiger partial charge in [-0.05, 0) is 36.4 Å². The van der Waals surface area contributed by atoms with Crippen molar-refractivity contribution in [2.75, 3.05) is 18.0 Å². The van der Waals surface area contributed by atoms with Crippen LogP contribution in [-0.4, -0.2) is 45.5 Å². The lowest BCUT2D eigenvalue weighted by Gasteiger charge is -2.13. The number of ether oxygens (including phenoxy) is 1. The zero-order valence-corrected chi connectivity index (χ0v) is 14.8. The number of anilines is 1. The van der Waals surface area contributed by atoms with Crippen LogP contribution in [0.2, 0.25) is 0 Å². The van der Waals surface area contributed by atoms with Crippen LogP contribution in [0.3, 0.4) is 0 Å². The van der Waals surface area contributed by atoms with E-state index in [0.717, 1.165) is 5.69 Å². The van der Waals surface area contributed by atoms with E-state index in [1.54, 1.807) is 36.1 Å². The number of aromatic nitrogens is 3. The Morgan fingerprint density at radius 3 is 2.63 bits per heavy atom. The Bertz CT molecular complexity index is 946. The molecule has 1 unspecified atom stereocenters. The fraction of sp³-hybridized carbons (Fsp3) is 0.211. The third-order valence-corrected chi connectivity index (χ3v) is 4.47. The fourth-order valence-electron chi connectivity index (χ4n) is 3.05. The third kappa shape index (κ3) is 3.41. The summed E-state index contributed by atoms with van der Waals surface area (Å²) in [6.07, 6.45) is 4.66. The lowest BCUT2D eigenvalue weighted by molar-refractivity contribution is 0.0916. The van der Waals surface area contributed by atoms with Gasteiger partial charge in [0.25, 0.3) is 5.91 Å². The van der Waals surface area contributed by atoms with Crippen molar-refractivity contribution < 1.29 is 14.3 Å². The highest BCUT2D eigenvalue weighted by atomic mass is 16.6. The predicted molar refractivity (Wildman–Crippen MR) is 98.9 cm³/mol. The highest BCUT2D eigenvalue weighted by Crippen LogP contribution is 2.20. The van der Waals surface area contributed by atoms with Gasteiger partial charge in [0.05, 0.1) is 19.3 Å². The molecule has 1 saturated heterocycles. The van der Waals surface area contributed by atoms with E-state index in [2.05, 4.69) is 10.4 Å². The van der Waals surface area contributed by atoms with Crippen LogP contribution >= 0.6 is 0 Å². The Balaban J connectivity index is 1.34. The Kier molecular flexibility index (Phi) is 4.37. The average Bonchev–Trinajstić information content (AvgIpc) is 3.41. The van der Waals surface area contributed by atoms with Crippen LogP contribution < -0.4 is 10.2 Å². The molecule has 0 aliphatic carbocycles. The molecule has 1 fully saturated rings. The highest BCUT2D eigenvalue weighted by Gasteiger charge is 2.33. The summed E-state index contributed by atoms with van der Waals surface area (Å²) in [5.41, 5.74) is 1.53. The largest absolute Gasteiger partial charge is 0.442 e. The number of aryl methyl sites for hydroxylation is 1. The van der Waals surface area contributed by atoms with E-state index in [-0.39, 0.29) is 12.5 Å². The summed E-state index contributed by atoms with van der Waals surface area (Å²) in [5.74, 6) is 0.457. The van der Waals surface area contributed by atoms with E-state index < -0.39 is 12.2 Å². The second kappa shape index (κ2) is 6.99. The van der Waals surface area contributed by atoms with Gasteiger partial charge in [0.1, 0.15) is 11.9 Å². The standard InChI is InChI=1S/C19H19N5O3/c1-22-17(8-9-21-22)24-13-16(27-19(24)26)12-20-18(25)14-4-6-15(7-5-14)23-10-2-3-11-23/h2-11,16H,12-13H2,1H3,(H,20,25). The Morgan fingerprint density at radius 2 is 1.96 bits per heavy atom. The first-order valence-electron chi connectivity index (χ1n) is 8.59. The molecule has 0 bridgehead atoms. The summed E-state index contributed by atoms with van der Waals surface area (Å²) >= 11 is 0. The number of hydrogen-bond acceptors (Lipinski definition) is 4. The van der Waals surface area contributed by atoms with Crippen molar-refractivity contribution >= 4 is 17.8 Å². The van der Waals surface area contributed by atoms with Crippen LogP contribution in [0.5, 0.6) is 0 Å². The van der Waals surface area contributed by atoms with Crippen molar-refractivity contribution in [2.45, 2.75) is 6.10 Å². The van der Waals surface area contributed by atoms with Gasteiger partial charge in [-0.25, -0.2) is 4.79 Å². The fourth-order valence-corrected chi connectivity index (χ4v) is 3.05. The van der Waals surface area contributed by atoms with Gasteiger partial charge < -0.3 is 14.6 Å². The number of nitrogens with one attached hydrogen (secondary N) is 1. The highest BCUT2D eigenvalue weighted by molar-refractivity contribution is 5.94. The number of benzene rings is 1. The summed E-state index contributed by atoms with van der Waals surface area (Å²) in [6.45, 7) is 0.615. The van der Waals surface area contributed by atoms with Crippen molar-refractivity contribution in [1.82, 2.24) is 19.7 Å². The summed E-state index contributed by atoms with van der Waals surface area (Å²) in [7, 11) is 1.76. The molecule has 1 aromatic carbocycles. The maximum Gasteiger partial charge on any atom is 0.416 e. The van der Waals surface area contributed by atoms with Gasteiger partial charge >= 0.3 is 6.09 Å². The molecular formula is C19H19N5O3. The van der Waals surface area contributed by atoms with E-state index in [0.29, 0.717) is 17.9 Å². The van der Waals surface area contributed by atoms with Gasteiger partial charge in [0.2, 0.25) is 0 Å². The molecule has 1 aliphatic rings. The van der Waals surface area contributed by atoms with Gasteiger partial charge in [-0.1, -0.05) is 0 Å². The number of rotatable bonds is 5. The van der Waals surface area contributed by atoms with Gasteiger partial charge in [-0.2, -0.15) is 5.10 Å². The summed E-state index contributed by atoms with van der Waals surface area (Å²) in [5, 5.41) is 6.88. The molecule has 8 nitrogen and oxygen atoms in total. The SMILES string of the molecule is Cn1nccc1N1CC(CNC(=O)c2ccc(-n3cccc3)cc2)OC1=O. The van der Waals surface area contributed by atoms with E-state index in [1.165, 1.54) is 4.90 Å². The lowest BCUT2D eigenvalue weighted by Crippen LogP contribution is -2.34. The smallest absolute Gasteiger partial charge is 0.416 e. The van der Waals surface area contributed by atoms with Crippen molar-refractivity contribution in [2.24, 2.45) is 7.05 Å². The van der Waals surface area contributed by atoms with E-state index in [4.69, 9.17) is 4.74 Å². The molecule has 27 heavy (non-hydrogen) atoms. The summed E-state index contributed by atoms with van der Waals surface area (Å²) in [4.78, 5) is 25.9. The quantitative estimate of drug-likeness (QED) is 0.749. The number of carbonyl (C=O) groups is 2. The monoisotopic (exact) mass is 365 g/mol. The van der Waals surface area contributed by atoms with Crippen LogP contribution in [0.25, 0.3) is 5.69 Å². The minimum Gasteiger partial charge on any atom is -0.442 e. The molecule has 8 heteroatoms. The Labute approximate surface area is 156 Å². The number of amides is 2. The first-order valence-corrected chi connectivity index (χ1v) is 8.59. The maximum atomic E-state index is 12.4. The van der Waals surface area contributed by atoms with Gasteiger partial charge in [-0.3, -0.25) is 14.4 Å². The zero-order valence-electron chi connectivity index (χ0n) is 14.8. The molecular weight excluding hydrogens is 346 g/mol. The predicted octanol–water partition coefficient (Wildman–Crippen LogP) is 1.97. The molecule has 4 rings (SSSR count). The van der Waals surface area contributed by atoms with Crippen molar-refractivity contribution in [3.63, 3.8) is 0 Å². The van der Waals surface area contributed by atoms with Crippen LogP contribution in [0, 0.1) is 0 Å². The van der Waals surface area contributed by atoms with Crippen LogP contribution in [0.1, 0.15) is 10.4 Å². The van der Waals surface area contributed by atoms with Crippen LogP contribution in [-0.2, 0) is 11.8 Å². The van der Waals surface area contributed by atoms with E-state index in [1.807, 2.05) is 41.2 Å². The van der Waals surface area contributed by atoms with Crippen LogP contribution in [0.4, 0.5) is 10.6 Å². The molecule has 138 valence electrons. The molecule has 1 atom stereocenters. The minimum absolute atomic E-state index is 0.205. The van der Waals surface area contributed by atoms with Crippen molar-refractivity contribution in [3.05, 3.63) is 66.6 Å². The molecule has 0 saturated carbocycles. The first-order chi connectivity index (χ1) is 13.1. The van der Waals surface area contributed by atoms with Gasteiger partial charge in [-0.15, -0.1) is 0 Å². The minimum atomic E-state index is -0.436. The Hall–Kier alpha value is -3.55. The second-order valence-electron chi connectivity index (χ2n) is 6.28. The maximum absolute atomic E-state index is 12.4. The molecule has 3 heterocycles. The number of nitrogens with zero attached hydrogens (tertiary/aromatic N) is 4. The van der Waals surface area contributed by atoms with E-state index in [9.17, 15) is 9.59 Å². The van der Waals surface area contributed by atoms with Crippen molar-refractivity contribution in [1.29, 1.82) is 0 Å². The Morgan fingerprint density at radius 1 is 1.22 bits per heavy atom. The number of cyclic esters (lactones) is 1. The third-order valence-electron chi connectivity index (χ3n) is 4.47. The normalized spacial score (nSPS) is 16.4. The summed E-state index contributed by atoms with van der Waals surface area (Å²) in [6, 6.07) is 12.9. The molecule has 1 aliphatic heterocycles. The molecule has 2 aromatic heterocycles. The molecule has 2 amide bonds. The number of hydrogen-bond donors (Lipinski definition) is 1. The molecule has 3 aromatic rings. The lowest BCUT2D eigenvalue weighted by atomic mass is 10.2. The van der Waals surface area contributed by atoms with E-state index >= 15 is 0 Å². The van der Waals surface area contributed by atoms with Gasteiger partial charge in [0.15, 0.2) is 0 Å². The first kappa shape index (κ1) is 16.9.